The fraction of sp³-hybridized carbons (Fsp3) is 0.333. The lowest BCUT2D eigenvalue weighted by molar-refractivity contribution is 0.478. The van der Waals surface area contributed by atoms with Gasteiger partial charge in [-0.15, -0.1) is 6.58 Å². The molecule has 3 unspecified atom stereocenters. The van der Waals surface area contributed by atoms with Gasteiger partial charge in [0.25, 0.3) is 0 Å². The van der Waals surface area contributed by atoms with E-state index in [0.717, 1.165) is 35.9 Å². The smallest absolute Gasteiger partial charge is 0.129 e. The van der Waals surface area contributed by atoms with Crippen molar-refractivity contribution in [2.24, 2.45) is 11.8 Å². The molecule has 0 fully saturated rings. The fourth-order valence-corrected chi connectivity index (χ4v) is 3.63. The number of halogens is 3. The van der Waals surface area contributed by atoms with Gasteiger partial charge in [0.15, 0.2) is 0 Å². The molecule has 0 aliphatic carbocycles. The van der Waals surface area contributed by atoms with Crippen LogP contribution < -0.4 is 10.6 Å². The third-order valence-electron chi connectivity index (χ3n) is 5.96. The van der Waals surface area contributed by atoms with Crippen molar-refractivity contribution in [3.05, 3.63) is 95.5 Å². The molecule has 0 aromatic heterocycles. The van der Waals surface area contributed by atoms with E-state index in [9.17, 15) is 13.2 Å². The van der Waals surface area contributed by atoms with Gasteiger partial charge in [0, 0.05) is 23.7 Å². The van der Waals surface area contributed by atoms with Crippen molar-refractivity contribution in [3.63, 3.8) is 0 Å². The van der Waals surface area contributed by atoms with Crippen molar-refractivity contribution >= 4 is 11.6 Å². The summed E-state index contributed by atoms with van der Waals surface area (Å²) in [6.07, 6.45) is 4.56. The van der Waals surface area contributed by atoms with E-state index in [1.807, 2.05) is 33.0 Å². The standard InChI is InChI=1S/C27H33F3N2/c1-7-24(12-13-31-6)32-20(5)17(2)18(3)25(14-21-8-10-22(28)11-9-21)26-15-23(29)16-27(30)19(26)4/h7-11,14-18,24,31-32H,1,5,12-13H2,2-4,6H3/b25-14+. The van der Waals surface area contributed by atoms with Gasteiger partial charge in [-0.3, -0.25) is 0 Å². The Bertz CT molecular complexity index is 964. The SMILES string of the molecule is C=CC(CCNC)NC(=C)C(C)C(C)/C(=C\c1ccc(F)cc1)c1cc(F)cc(F)c1C. The molecule has 0 heterocycles. The Morgan fingerprint density at radius 2 is 1.69 bits per heavy atom. The minimum absolute atomic E-state index is 0.0514. The van der Waals surface area contributed by atoms with Gasteiger partial charge in [-0.2, -0.15) is 0 Å². The predicted octanol–water partition coefficient (Wildman–Crippen LogP) is 6.49. The first-order valence-corrected chi connectivity index (χ1v) is 10.8. The maximum absolute atomic E-state index is 14.4. The van der Waals surface area contributed by atoms with Crippen LogP contribution in [-0.4, -0.2) is 19.6 Å². The molecule has 0 spiro atoms. The molecule has 2 aromatic carbocycles. The first-order valence-electron chi connectivity index (χ1n) is 10.8. The normalized spacial score (nSPS) is 14.5. The van der Waals surface area contributed by atoms with Crippen LogP contribution in [0.2, 0.25) is 0 Å². The van der Waals surface area contributed by atoms with E-state index >= 15 is 0 Å². The highest BCUT2D eigenvalue weighted by Crippen LogP contribution is 2.36. The summed E-state index contributed by atoms with van der Waals surface area (Å²) in [4.78, 5) is 0. The third kappa shape index (κ3) is 6.60. The highest BCUT2D eigenvalue weighted by Gasteiger charge is 2.24. The monoisotopic (exact) mass is 442 g/mol. The molecule has 0 saturated heterocycles. The molecule has 0 saturated carbocycles. The quantitative estimate of drug-likeness (QED) is 0.307. The van der Waals surface area contributed by atoms with Crippen LogP contribution in [0.5, 0.6) is 0 Å². The highest BCUT2D eigenvalue weighted by molar-refractivity contribution is 5.84. The summed E-state index contributed by atoms with van der Waals surface area (Å²) >= 11 is 0. The largest absolute Gasteiger partial charge is 0.382 e. The van der Waals surface area contributed by atoms with Crippen molar-refractivity contribution < 1.29 is 13.2 Å². The Morgan fingerprint density at radius 3 is 2.28 bits per heavy atom. The first kappa shape index (κ1) is 25.5. The molecule has 172 valence electrons. The Morgan fingerprint density at radius 1 is 1.03 bits per heavy atom. The molecule has 0 radical (unpaired) electrons. The molecular formula is C27H33F3N2. The van der Waals surface area contributed by atoms with Crippen LogP contribution in [-0.2, 0) is 0 Å². The number of hydrogen-bond acceptors (Lipinski definition) is 2. The average molecular weight is 443 g/mol. The Labute approximate surface area is 189 Å². The zero-order valence-corrected chi connectivity index (χ0v) is 19.3. The number of nitrogens with one attached hydrogen (secondary N) is 2. The molecule has 32 heavy (non-hydrogen) atoms. The molecule has 0 bridgehead atoms. The van der Waals surface area contributed by atoms with Crippen LogP contribution in [0.4, 0.5) is 13.2 Å². The maximum atomic E-state index is 14.4. The molecule has 0 amide bonds. The molecular weight excluding hydrogens is 409 g/mol. The fourth-order valence-electron chi connectivity index (χ4n) is 3.63. The lowest BCUT2D eigenvalue weighted by Gasteiger charge is -2.29. The van der Waals surface area contributed by atoms with Crippen LogP contribution in [0.1, 0.15) is 37.0 Å². The molecule has 0 aliphatic rings. The van der Waals surface area contributed by atoms with Gasteiger partial charge in [-0.1, -0.05) is 44.7 Å². The van der Waals surface area contributed by atoms with Crippen molar-refractivity contribution in [3.8, 4) is 0 Å². The van der Waals surface area contributed by atoms with Crippen molar-refractivity contribution in [2.75, 3.05) is 13.6 Å². The lowest BCUT2D eigenvalue weighted by Crippen LogP contribution is -2.33. The summed E-state index contributed by atoms with van der Waals surface area (Å²) < 4.78 is 41.9. The molecule has 5 heteroatoms. The van der Waals surface area contributed by atoms with Gasteiger partial charge in [-0.05, 0) is 73.3 Å². The van der Waals surface area contributed by atoms with Crippen LogP contribution >= 0.6 is 0 Å². The summed E-state index contributed by atoms with van der Waals surface area (Å²) in [7, 11) is 1.90. The van der Waals surface area contributed by atoms with Crippen LogP contribution in [0.15, 0.2) is 61.3 Å². The second kappa shape index (κ2) is 11.7. The topological polar surface area (TPSA) is 24.1 Å². The number of hydrogen-bond donors (Lipinski definition) is 2. The van der Waals surface area contributed by atoms with Gasteiger partial charge < -0.3 is 10.6 Å². The molecule has 0 aliphatic heterocycles. The van der Waals surface area contributed by atoms with E-state index in [2.05, 4.69) is 23.8 Å². The number of benzene rings is 2. The van der Waals surface area contributed by atoms with Gasteiger partial charge in [0.05, 0.1) is 0 Å². The summed E-state index contributed by atoms with van der Waals surface area (Å²) in [6.45, 7) is 14.6. The maximum Gasteiger partial charge on any atom is 0.129 e. The Balaban J connectivity index is 2.44. The number of allylic oxidation sites excluding steroid dienone is 2. The van der Waals surface area contributed by atoms with E-state index < -0.39 is 11.6 Å². The van der Waals surface area contributed by atoms with E-state index in [-0.39, 0.29) is 23.7 Å². The molecule has 2 rings (SSSR count). The third-order valence-corrected chi connectivity index (χ3v) is 5.96. The van der Waals surface area contributed by atoms with Crippen molar-refractivity contribution in [1.82, 2.24) is 10.6 Å². The van der Waals surface area contributed by atoms with Gasteiger partial charge in [-0.25, -0.2) is 13.2 Å². The molecule has 2 N–H and O–H groups in total. The van der Waals surface area contributed by atoms with E-state index in [0.29, 0.717) is 11.1 Å². The van der Waals surface area contributed by atoms with Crippen LogP contribution in [0, 0.1) is 36.2 Å². The Kier molecular flexibility index (Phi) is 9.33. The highest BCUT2D eigenvalue weighted by atomic mass is 19.1. The van der Waals surface area contributed by atoms with Gasteiger partial charge >= 0.3 is 0 Å². The van der Waals surface area contributed by atoms with E-state index in [1.54, 1.807) is 19.1 Å². The first-order chi connectivity index (χ1) is 15.2. The summed E-state index contributed by atoms with van der Waals surface area (Å²) in [5, 5.41) is 6.54. The zero-order chi connectivity index (χ0) is 23.8. The van der Waals surface area contributed by atoms with Crippen molar-refractivity contribution in [1.29, 1.82) is 0 Å². The summed E-state index contributed by atoms with van der Waals surface area (Å²) in [5.74, 6) is -1.75. The summed E-state index contributed by atoms with van der Waals surface area (Å²) in [6, 6.07) is 8.34. The van der Waals surface area contributed by atoms with E-state index in [4.69, 9.17) is 0 Å². The molecule has 3 atom stereocenters. The lowest BCUT2D eigenvalue weighted by atomic mass is 9.80. The van der Waals surface area contributed by atoms with Gasteiger partial charge in [0.2, 0.25) is 0 Å². The zero-order valence-electron chi connectivity index (χ0n) is 19.3. The second-order valence-corrected chi connectivity index (χ2v) is 8.19. The summed E-state index contributed by atoms with van der Waals surface area (Å²) in [5.41, 5.74) is 3.19. The average Bonchev–Trinajstić information content (AvgIpc) is 2.77. The molecule has 2 aromatic rings. The predicted molar refractivity (Wildman–Crippen MR) is 128 cm³/mol. The minimum Gasteiger partial charge on any atom is -0.382 e. The van der Waals surface area contributed by atoms with Gasteiger partial charge in [0.1, 0.15) is 17.5 Å². The van der Waals surface area contributed by atoms with Crippen molar-refractivity contribution in [2.45, 2.75) is 33.2 Å². The van der Waals surface area contributed by atoms with Crippen LogP contribution in [0.25, 0.3) is 11.6 Å². The second-order valence-electron chi connectivity index (χ2n) is 8.19. The number of rotatable bonds is 11. The Hall–Kier alpha value is -2.79. The van der Waals surface area contributed by atoms with Crippen LogP contribution in [0.3, 0.4) is 0 Å². The molecule has 2 nitrogen and oxygen atoms in total. The van der Waals surface area contributed by atoms with E-state index in [1.165, 1.54) is 18.2 Å². The minimum atomic E-state index is -0.635.